The van der Waals surface area contributed by atoms with E-state index in [1.807, 2.05) is 46.8 Å². The molecule has 0 radical (unpaired) electrons. The van der Waals surface area contributed by atoms with Crippen LogP contribution in [0.5, 0.6) is 0 Å². The van der Waals surface area contributed by atoms with Gasteiger partial charge < -0.3 is 30.4 Å². The number of urea groups is 1. The topological polar surface area (TPSA) is 186 Å². The van der Waals surface area contributed by atoms with Gasteiger partial charge in [-0.2, -0.15) is 4.98 Å². The van der Waals surface area contributed by atoms with Crippen molar-refractivity contribution in [1.82, 2.24) is 41.0 Å². The first kappa shape index (κ1) is 42.0. The lowest BCUT2D eigenvalue weighted by Gasteiger charge is -2.37. The SMILES string of the molecule is Cc1cc(-c2ncnc3[nH]c(-c4ccc(NCCNCC5CCN(c6cc(F)ccc6N6CCC(=O)NC6=O)CC5)cc4)cc23)ccc1[C@@H](C)NC(=O)c1nc(C(C)(C)C)no1. The lowest BCUT2D eigenvalue weighted by atomic mass is 9.96. The van der Waals surface area contributed by atoms with Gasteiger partial charge in [-0.05, 0) is 98.3 Å². The summed E-state index contributed by atoms with van der Waals surface area (Å²) in [6, 6.07) is 20.2. The van der Waals surface area contributed by atoms with Gasteiger partial charge in [0.1, 0.15) is 17.8 Å². The van der Waals surface area contributed by atoms with Crippen LogP contribution in [0.2, 0.25) is 0 Å². The molecule has 8 rings (SSSR count). The second-order valence-electron chi connectivity index (χ2n) is 17.1. The Labute approximate surface area is 359 Å². The Hall–Kier alpha value is -6.68. The quantitative estimate of drug-likeness (QED) is 0.0737. The van der Waals surface area contributed by atoms with E-state index in [9.17, 15) is 18.8 Å². The standard InChI is InChI=1S/C46H52FN11O4/c1-27-22-31(8-12-34(27)28(2)52-42(60)43-55-44(56-62-43)46(3,4)5)40-35-24-36(53-41(35)51-26-50-40)30-6-10-33(11-7-30)49-18-17-48-25-29-14-19-57(20-15-29)38-23-32(47)9-13-37(38)58-21-16-39(59)54-45(58)61/h6-13,22-24,26,28-29,48-49H,14-21,25H2,1-5H3,(H,52,60)(H,50,51,53)(H,54,59,61)/t28-/m1/s1. The van der Waals surface area contributed by atoms with Crippen molar-refractivity contribution in [3.63, 3.8) is 0 Å². The van der Waals surface area contributed by atoms with Gasteiger partial charge >= 0.3 is 17.8 Å². The first-order chi connectivity index (χ1) is 29.8. The first-order valence-electron chi connectivity index (χ1n) is 21.1. The molecule has 2 aliphatic heterocycles. The normalized spacial score (nSPS) is 15.5. The summed E-state index contributed by atoms with van der Waals surface area (Å²) in [6.07, 6.45) is 3.67. The third-order valence-corrected chi connectivity index (χ3v) is 11.6. The van der Waals surface area contributed by atoms with Crippen LogP contribution in [0.4, 0.5) is 26.2 Å². The largest absolute Gasteiger partial charge is 0.384 e. The molecule has 2 saturated heterocycles. The molecule has 0 unspecified atom stereocenters. The Morgan fingerprint density at radius 1 is 0.952 bits per heavy atom. The van der Waals surface area contributed by atoms with Crippen molar-refractivity contribution in [3.05, 3.63) is 102 Å². The van der Waals surface area contributed by atoms with Crippen molar-refractivity contribution >= 4 is 45.9 Å². The van der Waals surface area contributed by atoms with Gasteiger partial charge in [0.05, 0.1) is 23.1 Å². The zero-order chi connectivity index (χ0) is 43.5. The molecule has 5 heterocycles. The monoisotopic (exact) mass is 841 g/mol. The summed E-state index contributed by atoms with van der Waals surface area (Å²) in [7, 11) is 0. The fraction of sp³-hybridized carbons (Fsp3) is 0.370. The molecule has 1 atom stereocenters. The van der Waals surface area contributed by atoms with E-state index in [1.165, 1.54) is 17.0 Å². The fourth-order valence-corrected chi connectivity index (χ4v) is 8.11. The Balaban J connectivity index is 0.816. The summed E-state index contributed by atoms with van der Waals surface area (Å²) in [6.45, 7) is 14.0. The number of imide groups is 1. The number of piperidine rings is 1. The van der Waals surface area contributed by atoms with E-state index in [1.54, 1.807) is 12.4 Å². The number of hydrogen-bond acceptors (Lipinski definition) is 11. The van der Waals surface area contributed by atoms with Gasteiger partial charge in [-0.25, -0.2) is 19.2 Å². The van der Waals surface area contributed by atoms with Crippen molar-refractivity contribution in [3.8, 4) is 22.5 Å². The van der Waals surface area contributed by atoms with Gasteiger partial charge in [0.2, 0.25) is 5.91 Å². The van der Waals surface area contributed by atoms with Gasteiger partial charge in [0, 0.05) is 66.9 Å². The highest BCUT2D eigenvalue weighted by Crippen LogP contribution is 2.35. The van der Waals surface area contributed by atoms with Crippen molar-refractivity contribution in [2.45, 2.75) is 65.3 Å². The molecule has 322 valence electrons. The van der Waals surface area contributed by atoms with Gasteiger partial charge in [0.15, 0.2) is 5.82 Å². The van der Waals surface area contributed by atoms with Gasteiger partial charge in [-0.1, -0.05) is 50.2 Å². The van der Waals surface area contributed by atoms with E-state index in [0.717, 1.165) is 95.9 Å². The molecule has 4 amide bonds. The van der Waals surface area contributed by atoms with Crippen LogP contribution in [0, 0.1) is 18.7 Å². The molecule has 15 nitrogen and oxygen atoms in total. The number of H-pyrrole nitrogens is 1. The number of benzene rings is 3. The number of fused-ring (bicyclic) bond motifs is 1. The third-order valence-electron chi connectivity index (χ3n) is 11.6. The van der Waals surface area contributed by atoms with Crippen molar-refractivity contribution in [1.29, 1.82) is 0 Å². The van der Waals surface area contributed by atoms with Crippen LogP contribution in [0.1, 0.15) is 80.6 Å². The Morgan fingerprint density at radius 3 is 2.45 bits per heavy atom. The van der Waals surface area contributed by atoms with Gasteiger partial charge in [-0.3, -0.25) is 19.8 Å². The minimum absolute atomic E-state index is 0.0579. The average molecular weight is 842 g/mol. The van der Waals surface area contributed by atoms with Gasteiger partial charge in [-0.15, -0.1) is 0 Å². The number of nitrogens with one attached hydrogen (secondary N) is 5. The van der Waals surface area contributed by atoms with E-state index in [2.05, 4.69) is 87.7 Å². The molecule has 6 aromatic rings. The summed E-state index contributed by atoms with van der Waals surface area (Å²) in [5, 5.41) is 17.3. The Morgan fingerprint density at radius 2 is 1.73 bits per heavy atom. The van der Waals surface area contributed by atoms with E-state index < -0.39 is 11.9 Å². The predicted octanol–water partition coefficient (Wildman–Crippen LogP) is 7.28. The zero-order valence-electron chi connectivity index (χ0n) is 35.6. The molecule has 16 heteroatoms. The number of aromatic nitrogens is 5. The highest BCUT2D eigenvalue weighted by molar-refractivity contribution is 6.07. The summed E-state index contributed by atoms with van der Waals surface area (Å²) < 4.78 is 19.6. The summed E-state index contributed by atoms with van der Waals surface area (Å²) >= 11 is 0. The number of rotatable bonds is 13. The van der Waals surface area contributed by atoms with E-state index in [-0.39, 0.29) is 42.0 Å². The Bertz CT molecular complexity index is 2590. The maximum atomic E-state index is 14.3. The molecule has 0 bridgehead atoms. The van der Waals surface area contributed by atoms with Crippen molar-refractivity contribution < 1.29 is 23.3 Å². The van der Waals surface area contributed by atoms with Crippen LogP contribution in [-0.2, 0) is 10.2 Å². The van der Waals surface area contributed by atoms with Crippen molar-refractivity contribution in [2.24, 2.45) is 5.92 Å². The number of hydrogen-bond donors (Lipinski definition) is 5. The molecule has 3 aromatic heterocycles. The van der Waals surface area contributed by atoms with E-state index in [0.29, 0.717) is 23.1 Å². The Kier molecular flexibility index (Phi) is 12.0. The molecule has 2 aliphatic rings. The molecule has 0 spiro atoms. The van der Waals surface area contributed by atoms with Crippen LogP contribution in [-0.4, -0.2) is 82.2 Å². The van der Waals surface area contributed by atoms with Crippen molar-refractivity contribution in [2.75, 3.05) is 54.4 Å². The maximum Gasteiger partial charge on any atom is 0.328 e. The van der Waals surface area contributed by atoms with Crippen LogP contribution in [0.25, 0.3) is 33.5 Å². The third kappa shape index (κ3) is 9.29. The van der Waals surface area contributed by atoms with Crippen LogP contribution in [0.15, 0.2) is 77.6 Å². The molecule has 0 saturated carbocycles. The average Bonchev–Trinajstić information content (AvgIpc) is 3.94. The molecular formula is C46H52FN11O4. The smallest absolute Gasteiger partial charge is 0.328 e. The van der Waals surface area contributed by atoms with E-state index >= 15 is 0 Å². The minimum atomic E-state index is -0.471. The van der Waals surface area contributed by atoms with Crippen LogP contribution < -0.4 is 31.1 Å². The van der Waals surface area contributed by atoms with E-state index in [4.69, 9.17) is 4.52 Å². The minimum Gasteiger partial charge on any atom is -0.384 e. The first-order valence-corrected chi connectivity index (χ1v) is 21.1. The van der Waals surface area contributed by atoms with Gasteiger partial charge in [0.25, 0.3) is 0 Å². The highest BCUT2D eigenvalue weighted by Gasteiger charge is 2.30. The number of carbonyl (C=O) groups excluding carboxylic acids is 3. The maximum absolute atomic E-state index is 14.3. The second kappa shape index (κ2) is 17.7. The summed E-state index contributed by atoms with van der Waals surface area (Å²) in [4.78, 5) is 57.7. The number of aromatic amines is 1. The number of carbonyl (C=O) groups is 3. The summed E-state index contributed by atoms with van der Waals surface area (Å²) in [5.41, 5.74) is 8.41. The number of amides is 4. The lowest BCUT2D eigenvalue weighted by molar-refractivity contribution is -0.120. The molecule has 3 aromatic carbocycles. The predicted molar refractivity (Wildman–Crippen MR) is 237 cm³/mol. The van der Waals surface area contributed by atoms with Crippen LogP contribution in [0.3, 0.4) is 0 Å². The number of halogens is 1. The molecule has 2 fully saturated rings. The second-order valence-corrected chi connectivity index (χ2v) is 17.1. The highest BCUT2D eigenvalue weighted by atomic mass is 19.1. The fourth-order valence-electron chi connectivity index (χ4n) is 8.11. The summed E-state index contributed by atoms with van der Waals surface area (Å²) in [5.74, 6) is -0.164. The molecule has 5 N–H and O–H groups in total. The number of anilines is 3. The number of aryl methyl sites for hydroxylation is 1. The molecule has 0 aliphatic carbocycles. The lowest BCUT2D eigenvalue weighted by Crippen LogP contribution is -2.50. The molecule has 62 heavy (non-hydrogen) atoms. The van der Waals surface area contributed by atoms with Crippen LogP contribution >= 0.6 is 0 Å². The number of nitrogens with zero attached hydrogens (tertiary/aromatic N) is 6. The molecular weight excluding hydrogens is 790 g/mol. The zero-order valence-corrected chi connectivity index (χ0v) is 35.6.